The summed E-state index contributed by atoms with van der Waals surface area (Å²) in [5, 5.41) is -1.03. The smallest absolute Gasteiger partial charge is 0.453 e. The van der Waals surface area contributed by atoms with Gasteiger partial charge in [0.15, 0.2) is 0 Å². The second kappa shape index (κ2) is 12.5. The summed E-state index contributed by atoms with van der Waals surface area (Å²) in [6, 6.07) is 8.60. The maximum atomic E-state index is 16.1. The highest BCUT2D eigenvalue weighted by molar-refractivity contribution is 7.20. The third kappa shape index (κ3) is 5.99. The summed E-state index contributed by atoms with van der Waals surface area (Å²) in [4.78, 5) is 21.6. The predicted octanol–water partition coefficient (Wildman–Crippen LogP) is 11.5. The van der Waals surface area contributed by atoms with E-state index >= 15 is 26.3 Å². The number of benzene rings is 2. The van der Waals surface area contributed by atoms with Crippen molar-refractivity contribution in [3.63, 3.8) is 0 Å². The zero-order valence-electron chi connectivity index (χ0n) is 25.8. The molecule has 0 amide bonds. The number of thiophene rings is 2. The molecule has 0 spiro atoms. The van der Waals surface area contributed by atoms with Crippen LogP contribution < -0.4 is 0 Å². The van der Waals surface area contributed by atoms with Crippen LogP contribution in [0.25, 0.3) is 31.3 Å². The van der Waals surface area contributed by atoms with Crippen LogP contribution in [-0.4, -0.2) is 53.9 Å². The standard InChI is InChI=1S/C31H16F16O4S2/c1-11(50-23(48)27(36,37)30(42,43)44)17-13-7-3-5-9-15(13)53-22(17)20-19(25(32,33)29(40,41)26(20,34)35)18-14-8-4-6-10-16(14)52-21(18)12(2)51-24(49)28(38,39)31(45,46)47/h3-12H,1-2H3/t11-,12-/m1/s1. The minimum absolute atomic E-state index is 0.0191. The fraction of sp³-hybridized carbons (Fsp3) is 0.355. The van der Waals surface area contributed by atoms with Crippen LogP contribution in [0.3, 0.4) is 0 Å². The second-order valence-electron chi connectivity index (χ2n) is 11.4. The maximum Gasteiger partial charge on any atom is 0.465 e. The summed E-state index contributed by atoms with van der Waals surface area (Å²) in [6.45, 7) is 1.11. The number of rotatable bonds is 8. The third-order valence-corrected chi connectivity index (χ3v) is 10.5. The Morgan fingerprint density at radius 3 is 1.51 bits per heavy atom. The first kappa shape index (κ1) is 40.1. The van der Waals surface area contributed by atoms with Gasteiger partial charge in [-0.3, -0.25) is 0 Å². The molecule has 0 N–H and O–H groups in total. The lowest BCUT2D eigenvalue weighted by atomic mass is 9.92. The molecule has 2 heterocycles. The zero-order valence-corrected chi connectivity index (χ0v) is 27.4. The van der Waals surface area contributed by atoms with E-state index in [9.17, 15) is 53.5 Å². The molecule has 1 aliphatic carbocycles. The Kier molecular flexibility index (Phi) is 9.45. The maximum absolute atomic E-state index is 16.1. The molecular weight excluding hydrogens is 804 g/mol. The predicted molar refractivity (Wildman–Crippen MR) is 156 cm³/mol. The lowest BCUT2D eigenvalue weighted by Gasteiger charge is -2.26. The Morgan fingerprint density at radius 1 is 0.604 bits per heavy atom. The van der Waals surface area contributed by atoms with Crippen LogP contribution in [0.5, 0.6) is 0 Å². The van der Waals surface area contributed by atoms with Crippen LogP contribution in [-0.2, 0) is 19.1 Å². The quantitative estimate of drug-likeness (QED) is 0.131. The third-order valence-electron chi connectivity index (χ3n) is 7.97. The van der Waals surface area contributed by atoms with Gasteiger partial charge in [0.25, 0.3) is 0 Å². The number of allylic oxidation sites excluding steroid dienone is 2. The summed E-state index contributed by atoms with van der Waals surface area (Å²) < 4.78 is 236. The molecule has 0 bridgehead atoms. The van der Waals surface area contributed by atoms with Crippen molar-refractivity contribution in [2.75, 3.05) is 0 Å². The number of alkyl halides is 16. The topological polar surface area (TPSA) is 52.6 Å². The van der Waals surface area contributed by atoms with Crippen LogP contribution in [0.15, 0.2) is 48.5 Å². The SMILES string of the molecule is C[C@@H](OC(=O)C(F)(F)C(F)(F)F)c1sc2ccccc2c1C1=C(c2sc3ccccc3c2[C@@H](C)OC(=O)C(F)(F)C(F)(F)F)C(F)(F)C(F)(F)C1(F)F. The minimum atomic E-state index is -6.54. The highest BCUT2D eigenvalue weighted by Gasteiger charge is 2.81. The number of hydrogen-bond donors (Lipinski definition) is 0. The first-order valence-corrected chi connectivity index (χ1v) is 15.9. The van der Waals surface area contributed by atoms with Crippen molar-refractivity contribution in [3.05, 3.63) is 69.4 Å². The largest absolute Gasteiger partial charge is 0.465 e. The monoisotopic (exact) mass is 820 g/mol. The fourth-order valence-electron chi connectivity index (χ4n) is 5.44. The molecule has 53 heavy (non-hydrogen) atoms. The van der Waals surface area contributed by atoms with Gasteiger partial charge in [0.1, 0.15) is 12.2 Å². The average molecular weight is 821 g/mol. The number of ether oxygens (including phenoxy) is 2. The molecule has 0 fully saturated rings. The summed E-state index contributed by atoms with van der Waals surface area (Å²) >= 11 is 0.209. The van der Waals surface area contributed by atoms with Gasteiger partial charge in [0.2, 0.25) is 0 Å². The number of fused-ring (bicyclic) bond motifs is 2. The highest BCUT2D eigenvalue weighted by atomic mass is 32.1. The van der Waals surface area contributed by atoms with Crippen LogP contribution in [0.2, 0.25) is 0 Å². The van der Waals surface area contributed by atoms with Gasteiger partial charge >= 0.3 is 53.9 Å². The summed E-state index contributed by atoms with van der Waals surface area (Å²) in [6.07, 6.45) is -18.0. The van der Waals surface area contributed by atoms with Gasteiger partial charge in [-0.05, 0) is 31.4 Å². The molecule has 2 atom stereocenters. The Morgan fingerprint density at radius 2 is 1.02 bits per heavy atom. The summed E-state index contributed by atoms with van der Waals surface area (Å²) in [7, 11) is 0. The van der Waals surface area contributed by atoms with E-state index in [1.165, 1.54) is 12.1 Å². The van der Waals surface area contributed by atoms with Gasteiger partial charge in [-0.1, -0.05) is 36.4 Å². The van der Waals surface area contributed by atoms with E-state index in [0.29, 0.717) is 13.8 Å². The van der Waals surface area contributed by atoms with Gasteiger partial charge in [-0.15, -0.1) is 22.7 Å². The van der Waals surface area contributed by atoms with Crippen LogP contribution in [0.4, 0.5) is 70.2 Å². The molecule has 4 nitrogen and oxygen atoms in total. The molecule has 2 aromatic carbocycles. The Hall–Kier alpha value is -4.08. The number of carbonyl (C=O) groups is 2. The zero-order chi connectivity index (χ0) is 40.1. The Balaban J connectivity index is 1.85. The molecule has 2 aromatic heterocycles. The molecule has 0 radical (unpaired) electrons. The molecular formula is C31H16F16O4S2. The van der Waals surface area contributed by atoms with E-state index in [2.05, 4.69) is 9.47 Å². The number of hydrogen-bond acceptors (Lipinski definition) is 6. The van der Waals surface area contributed by atoms with E-state index in [4.69, 9.17) is 0 Å². The van der Waals surface area contributed by atoms with E-state index in [1.807, 2.05) is 0 Å². The minimum Gasteiger partial charge on any atom is -0.453 e. The summed E-state index contributed by atoms with van der Waals surface area (Å²) in [5.74, 6) is -37.3. The number of carbonyl (C=O) groups excluding carboxylic acids is 2. The molecule has 4 aromatic rings. The van der Waals surface area contributed by atoms with E-state index < -0.39 is 109 Å². The van der Waals surface area contributed by atoms with Gasteiger partial charge in [0.05, 0.1) is 10.5 Å². The first-order valence-electron chi connectivity index (χ1n) is 14.3. The van der Waals surface area contributed by atoms with Crippen molar-refractivity contribution in [2.24, 2.45) is 0 Å². The molecule has 0 saturated carbocycles. The Labute approximate surface area is 292 Å². The average Bonchev–Trinajstić information content (AvgIpc) is 3.63. The van der Waals surface area contributed by atoms with Crippen LogP contribution in [0, 0.1) is 0 Å². The molecule has 0 saturated heterocycles. The normalized spacial score (nSPS) is 18.8. The van der Waals surface area contributed by atoms with Gasteiger partial charge in [0, 0.05) is 36.4 Å². The molecule has 0 unspecified atom stereocenters. The first-order chi connectivity index (χ1) is 24.0. The van der Waals surface area contributed by atoms with Gasteiger partial charge in [-0.25, -0.2) is 9.59 Å². The molecule has 1 aliphatic rings. The van der Waals surface area contributed by atoms with Gasteiger partial charge < -0.3 is 9.47 Å². The van der Waals surface area contributed by atoms with Crippen molar-refractivity contribution < 1.29 is 89.3 Å². The second-order valence-corrected chi connectivity index (χ2v) is 13.5. The number of esters is 2. The van der Waals surface area contributed by atoms with Crippen molar-refractivity contribution >= 4 is 65.9 Å². The van der Waals surface area contributed by atoms with Crippen LogP contribution >= 0.6 is 22.7 Å². The van der Waals surface area contributed by atoms with E-state index in [-0.39, 0.29) is 32.1 Å². The molecule has 0 aliphatic heterocycles. The van der Waals surface area contributed by atoms with Crippen LogP contribution in [0.1, 0.15) is 46.9 Å². The van der Waals surface area contributed by atoms with Crippen molar-refractivity contribution in [1.82, 2.24) is 0 Å². The van der Waals surface area contributed by atoms with Gasteiger partial charge in [-0.2, -0.15) is 70.2 Å². The Bertz CT molecular complexity index is 2140. The summed E-state index contributed by atoms with van der Waals surface area (Å²) in [5.41, 5.74) is -6.94. The van der Waals surface area contributed by atoms with Crippen molar-refractivity contribution in [3.8, 4) is 0 Å². The highest BCUT2D eigenvalue weighted by Crippen LogP contribution is 2.67. The lowest BCUT2D eigenvalue weighted by Crippen LogP contribution is -2.49. The number of halogens is 16. The lowest BCUT2D eigenvalue weighted by molar-refractivity contribution is -0.282. The van der Waals surface area contributed by atoms with E-state index in [1.54, 1.807) is 0 Å². The molecule has 288 valence electrons. The van der Waals surface area contributed by atoms with Crippen molar-refractivity contribution in [1.29, 1.82) is 0 Å². The fourth-order valence-corrected chi connectivity index (χ4v) is 8.00. The molecule has 22 heteroatoms. The van der Waals surface area contributed by atoms with E-state index in [0.717, 1.165) is 36.4 Å². The van der Waals surface area contributed by atoms with Crippen molar-refractivity contribution in [2.45, 2.75) is 68.0 Å². The molecule has 5 rings (SSSR count).